The summed E-state index contributed by atoms with van der Waals surface area (Å²) in [7, 11) is 1.26. The number of esters is 1. The molecule has 0 aromatic heterocycles. The number of rotatable bonds is 3. The van der Waals surface area contributed by atoms with Gasteiger partial charge in [-0.3, -0.25) is 0 Å². The Morgan fingerprint density at radius 2 is 2.08 bits per heavy atom. The zero-order chi connectivity index (χ0) is 10.4. The molecule has 0 aliphatic carbocycles. The molecule has 0 radical (unpaired) electrons. The molecule has 0 unspecified atom stereocenters. The van der Waals surface area contributed by atoms with Crippen LogP contribution in [0.5, 0.6) is 0 Å². The van der Waals surface area contributed by atoms with Gasteiger partial charge in [-0.1, -0.05) is 35.9 Å². The van der Waals surface area contributed by atoms with Crippen LogP contribution in [0.2, 0.25) is 0 Å². The van der Waals surface area contributed by atoms with Gasteiger partial charge in [0, 0.05) is 0 Å². The van der Waals surface area contributed by atoms with Crippen molar-refractivity contribution in [1.82, 2.24) is 0 Å². The molecule has 3 nitrogen and oxygen atoms in total. The molecule has 0 aromatic carbocycles. The van der Waals surface area contributed by atoms with Gasteiger partial charge in [0.05, 0.1) is 12.7 Å². The van der Waals surface area contributed by atoms with Crippen LogP contribution in [0.4, 0.5) is 0 Å². The predicted molar refractivity (Wildman–Crippen MR) is 54.1 cm³/mol. The zero-order valence-electron chi connectivity index (χ0n) is 7.30. The van der Waals surface area contributed by atoms with Crippen LogP contribution in [-0.4, -0.2) is 18.2 Å². The fourth-order valence-corrected chi connectivity index (χ4v) is 1.01. The number of aliphatic imine (C=N–C) groups is 1. The number of allylic oxidation sites excluding steroid dienone is 1. The Hall–Kier alpha value is -0.800. The van der Waals surface area contributed by atoms with E-state index in [0.717, 1.165) is 0 Å². The van der Waals surface area contributed by atoms with Crippen LogP contribution >= 0.6 is 23.2 Å². The lowest BCUT2D eigenvalue weighted by molar-refractivity contribution is -0.135. The molecule has 0 heterocycles. The van der Waals surface area contributed by atoms with Gasteiger partial charge in [-0.15, -0.1) is 0 Å². The van der Waals surface area contributed by atoms with Gasteiger partial charge in [0.1, 0.15) is 10.3 Å². The molecular formula is C8H9Cl2NO2. The van der Waals surface area contributed by atoms with Crippen LogP contribution in [0.15, 0.2) is 28.4 Å². The Morgan fingerprint density at radius 3 is 2.38 bits per heavy atom. The summed E-state index contributed by atoms with van der Waals surface area (Å²) in [6, 6.07) is 0. The second-order valence-electron chi connectivity index (χ2n) is 1.97. The third kappa shape index (κ3) is 4.10. The third-order valence-corrected chi connectivity index (χ3v) is 1.51. The minimum absolute atomic E-state index is 0.00764. The molecule has 0 aromatic rings. The SMILES string of the molecule is C=C(Cl)/N=C(Cl)\C(=C/C)C(=O)OC. The third-order valence-electron chi connectivity index (χ3n) is 1.14. The molecule has 0 saturated heterocycles. The number of carbonyl (C=O) groups is 1. The van der Waals surface area contributed by atoms with Crippen LogP contribution in [0, 0.1) is 0 Å². The minimum atomic E-state index is -0.561. The van der Waals surface area contributed by atoms with Gasteiger partial charge in [0.2, 0.25) is 0 Å². The normalized spacial score (nSPS) is 12.6. The maximum atomic E-state index is 11.0. The number of nitrogens with zero attached hydrogens (tertiary/aromatic N) is 1. The van der Waals surface area contributed by atoms with E-state index in [2.05, 4.69) is 16.3 Å². The molecule has 13 heavy (non-hydrogen) atoms. The molecule has 0 spiro atoms. The smallest absolute Gasteiger partial charge is 0.340 e. The summed E-state index contributed by atoms with van der Waals surface area (Å²) in [4.78, 5) is 14.6. The zero-order valence-corrected chi connectivity index (χ0v) is 8.82. The number of hydrogen-bond donors (Lipinski definition) is 0. The number of methoxy groups -OCH3 is 1. The highest BCUT2D eigenvalue weighted by atomic mass is 35.5. The summed E-state index contributed by atoms with van der Waals surface area (Å²) in [5.41, 5.74) is 0.158. The molecule has 0 fully saturated rings. The topological polar surface area (TPSA) is 38.7 Å². The number of carbonyl (C=O) groups excluding carboxylic acids is 1. The lowest BCUT2D eigenvalue weighted by Gasteiger charge is -2.01. The van der Waals surface area contributed by atoms with E-state index in [1.54, 1.807) is 6.92 Å². The van der Waals surface area contributed by atoms with Crippen molar-refractivity contribution in [2.75, 3.05) is 7.11 Å². The molecule has 72 valence electrons. The molecule has 0 rings (SSSR count). The molecule has 0 N–H and O–H groups in total. The van der Waals surface area contributed by atoms with Crippen molar-refractivity contribution in [2.24, 2.45) is 4.99 Å². The van der Waals surface area contributed by atoms with Gasteiger partial charge in [0.25, 0.3) is 0 Å². The number of hydrogen-bond acceptors (Lipinski definition) is 3. The first-order valence-corrected chi connectivity index (χ1v) is 4.12. The molecule has 0 atom stereocenters. The quantitative estimate of drug-likeness (QED) is 0.318. The first-order chi connectivity index (χ1) is 6.02. The summed E-state index contributed by atoms with van der Waals surface area (Å²) in [5, 5.41) is -0.0254. The Balaban J connectivity index is 4.81. The summed E-state index contributed by atoms with van der Waals surface area (Å²) in [6.45, 7) is 4.95. The molecule has 0 aliphatic heterocycles. The van der Waals surface area contributed by atoms with E-state index in [1.165, 1.54) is 13.2 Å². The lowest BCUT2D eigenvalue weighted by Crippen LogP contribution is -2.10. The summed E-state index contributed by atoms with van der Waals surface area (Å²) in [5.74, 6) is -0.561. The summed E-state index contributed by atoms with van der Waals surface area (Å²) < 4.78 is 4.46. The van der Waals surface area contributed by atoms with Crippen LogP contribution in [0.1, 0.15) is 6.92 Å². The Kier molecular flexibility index (Phi) is 5.42. The van der Waals surface area contributed by atoms with Crippen LogP contribution in [0.25, 0.3) is 0 Å². The van der Waals surface area contributed by atoms with Crippen molar-refractivity contribution in [3.8, 4) is 0 Å². The van der Waals surface area contributed by atoms with E-state index < -0.39 is 5.97 Å². The van der Waals surface area contributed by atoms with E-state index in [9.17, 15) is 4.79 Å². The van der Waals surface area contributed by atoms with Gasteiger partial charge in [0.15, 0.2) is 0 Å². The first-order valence-electron chi connectivity index (χ1n) is 3.36. The molecule has 0 bridgehead atoms. The van der Waals surface area contributed by atoms with Crippen molar-refractivity contribution in [3.05, 3.63) is 23.4 Å². The fraction of sp³-hybridized carbons (Fsp3) is 0.250. The monoisotopic (exact) mass is 221 g/mol. The molecule has 5 heteroatoms. The molecule has 0 saturated carbocycles. The van der Waals surface area contributed by atoms with Gasteiger partial charge in [-0.05, 0) is 6.92 Å². The number of halogens is 2. The Bertz CT molecular complexity index is 282. The van der Waals surface area contributed by atoms with Crippen molar-refractivity contribution in [3.63, 3.8) is 0 Å². The minimum Gasteiger partial charge on any atom is -0.465 e. The van der Waals surface area contributed by atoms with Gasteiger partial charge in [-0.25, -0.2) is 9.79 Å². The van der Waals surface area contributed by atoms with Crippen LogP contribution < -0.4 is 0 Å². The van der Waals surface area contributed by atoms with Crippen molar-refractivity contribution in [1.29, 1.82) is 0 Å². The van der Waals surface area contributed by atoms with Crippen LogP contribution in [0.3, 0.4) is 0 Å². The molecule has 0 amide bonds. The first kappa shape index (κ1) is 12.2. The largest absolute Gasteiger partial charge is 0.465 e. The average molecular weight is 222 g/mol. The maximum Gasteiger partial charge on any atom is 0.340 e. The predicted octanol–water partition coefficient (Wildman–Crippen LogP) is 2.45. The van der Waals surface area contributed by atoms with Crippen LogP contribution in [-0.2, 0) is 9.53 Å². The lowest BCUT2D eigenvalue weighted by atomic mass is 10.3. The summed E-state index contributed by atoms with van der Waals surface area (Å²) >= 11 is 11.0. The van der Waals surface area contributed by atoms with E-state index >= 15 is 0 Å². The number of ether oxygens (including phenoxy) is 1. The van der Waals surface area contributed by atoms with Gasteiger partial charge in [-0.2, -0.15) is 0 Å². The van der Waals surface area contributed by atoms with Crippen molar-refractivity contribution in [2.45, 2.75) is 6.92 Å². The summed E-state index contributed by atoms with van der Waals surface area (Å²) in [6.07, 6.45) is 1.48. The highest BCUT2D eigenvalue weighted by molar-refractivity contribution is 6.72. The van der Waals surface area contributed by atoms with Gasteiger partial charge < -0.3 is 4.74 Å². The Labute approximate surface area is 86.7 Å². The molecule has 0 aliphatic rings. The van der Waals surface area contributed by atoms with E-state index in [-0.39, 0.29) is 15.9 Å². The highest BCUT2D eigenvalue weighted by Crippen LogP contribution is 2.09. The maximum absolute atomic E-state index is 11.0. The molecular weight excluding hydrogens is 213 g/mol. The average Bonchev–Trinajstić information content (AvgIpc) is 2.03. The Morgan fingerprint density at radius 1 is 1.54 bits per heavy atom. The van der Waals surface area contributed by atoms with E-state index in [1.807, 2.05) is 0 Å². The van der Waals surface area contributed by atoms with E-state index in [4.69, 9.17) is 23.2 Å². The van der Waals surface area contributed by atoms with E-state index in [0.29, 0.717) is 0 Å². The fourth-order valence-electron chi connectivity index (χ4n) is 0.598. The second-order valence-corrected chi connectivity index (χ2v) is 2.77. The van der Waals surface area contributed by atoms with Gasteiger partial charge >= 0.3 is 5.97 Å². The highest BCUT2D eigenvalue weighted by Gasteiger charge is 2.13. The van der Waals surface area contributed by atoms with Crippen molar-refractivity contribution < 1.29 is 9.53 Å². The standard InChI is InChI=1S/C8H9Cl2NO2/c1-4-6(8(12)13-3)7(10)11-5(2)9/h4H,2H2,1,3H3/b6-4+,11-7+. The van der Waals surface area contributed by atoms with Crippen molar-refractivity contribution >= 4 is 34.3 Å². The second kappa shape index (κ2) is 5.78.